The summed E-state index contributed by atoms with van der Waals surface area (Å²) < 4.78 is 0. The normalized spacial score (nSPS) is 22.7. The number of rotatable bonds is 6. The summed E-state index contributed by atoms with van der Waals surface area (Å²) in [6, 6.07) is -2.00. The molecule has 12 nitrogen and oxygen atoms in total. The van der Waals surface area contributed by atoms with Crippen molar-refractivity contribution in [2.24, 2.45) is 16.5 Å². The molecule has 12 heteroatoms. The molecule has 0 bridgehead atoms. The van der Waals surface area contributed by atoms with E-state index in [1.807, 2.05) is 0 Å². The summed E-state index contributed by atoms with van der Waals surface area (Å²) in [7, 11) is 0. The van der Waals surface area contributed by atoms with Crippen molar-refractivity contribution in [3.8, 4) is 0 Å². The average molecular weight is 398 g/mol. The van der Waals surface area contributed by atoms with Crippen LogP contribution < -0.4 is 27.6 Å². The molecule has 156 valence electrons. The van der Waals surface area contributed by atoms with Gasteiger partial charge in [-0.25, -0.2) is 10.9 Å². The second-order valence-electron chi connectivity index (χ2n) is 6.32. The molecule has 1 rings (SSSR count). The van der Waals surface area contributed by atoms with Gasteiger partial charge in [0, 0.05) is 19.5 Å². The van der Waals surface area contributed by atoms with Gasteiger partial charge in [0.25, 0.3) is 0 Å². The Hall–Kier alpha value is -2.70. The van der Waals surface area contributed by atoms with E-state index in [4.69, 9.17) is 16.6 Å². The number of carboxylic acid groups (broad SMARTS) is 1. The molecule has 8 N–H and O–H groups in total. The smallest absolute Gasteiger partial charge is 0.305 e. The molecule has 0 aromatic carbocycles. The molecular formula is C16H26N6O6. The number of hydrogen-bond donors (Lipinski definition) is 6. The van der Waals surface area contributed by atoms with Crippen LogP contribution in [0.2, 0.25) is 0 Å². The molecular weight excluding hydrogens is 372 g/mol. The van der Waals surface area contributed by atoms with Crippen LogP contribution in [0, 0.1) is 0 Å². The number of nitrogens with zero attached hydrogens (tertiary/aromatic N) is 1. The van der Waals surface area contributed by atoms with Crippen molar-refractivity contribution in [2.45, 2.75) is 44.2 Å². The molecule has 2 atom stereocenters. The fraction of sp³-hybridized carbons (Fsp3) is 0.625. The molecule has 1 fully saturated rings. The van der Waals surface area contributed by atoms with Gasteiger partial charge in [-0.05, 0) is 12.8 Å². The maximum Gasteiger partial charge on any atom is 0.305 e. The molecule has 1 aliphatic heterocycles. The molecule has 1 heterocycles. The summed E-state index contributed by atoms with van der Waals surface area (Å²) >= 11 is 0. The van der Waals surface area contributed by atoms with Gasteiger partial charge in [0.15, 0.2) is 11.7 Å². The van der Waals surface area contributed by atoms with Gasteiger partial charge in [0.2, 0.25) is 11.6 Å². The fourth-order valence-corrected chi connectivity index (χ4v) is 2.58. The lowest BCUT2D eigenvalue weighted by molar-refractivity contribution is -0.142. The summed E-state index contributed by atoms with van der Waals surface area (Å²) in [5, 5.41) is 11.5. The maximum atomic E-state index is 12.4. The minimum absolute atomic E-state index is 0.0148. The predicted octanol–water partition coefficient (Wildman–Crippen LogP) is -2.99. The zero-order valence-electron chi connectivity index (χ0n) is 15.4. The number of carboxylic acids is 1. The number of aliphatic imine (C=N–C) groups is 1. The van der Waals surface area contributed by atoms with Crippen LogP contribution >= 0.6 is 0 Å². The number of guanidine groups is 1. The highest BCUT2D eigenvalue weighted by molar-refractivity contribution is 6.40. The minimum atomic E-state index is -1.25. The predicted molar refractivity (Wildman–Crippen MR) is 98.1 cm³/mol. The van der Waals surface area contributed by atoms with Gasteiger partial charge < -0.3 is 21.9 Å². The number of hydrazine groups is 1. The van der Waals surface area contributed by atoms with Gasteiger partial charge in [-0.1, -0.05) is 0 Å². The van der Waals surface area contributed by atoms with Crippen molar-refractivity contribution < 1.29 is 29.1 Å². The standard InChI is InChI=1S/C16H26N6O6/c17-16(18)20-4-1-2-10-12(24)6-9(23)3-5-19-11(7-14(26)27)15(28)13(25)8-21-22-10/h10-11,19,21-22H,1-8H2,(H,26,27)(H4,17,18,20)/t10-,11-/m0/s1. The first-order chi connectivity index (χ1) is 13.2. The number of nitrogens with one attached hydrogen (secondary N) is 3. The quantitative estimate of drug-likeness (QED) is 0.0874. The summed E-state index contributed by atoms with van der Waals surface area (Å²) in [4.78, 5) is 63.2. The molecule has 0 unspecified atom stereocenters. The topological polar surface area (TPSA) is 206 Å². The Morgan fingerprint density at radius 1 is 1.18 bits per heavy atom. The summed E-state index contributed by atoms with van der Waals surface area (Å²) in [6.07, 6.45) is -0.227. The van der Waals surface area contributed by atoms with Crippen LogP contribution in [0.4, 0.5) is 0 Å². The lowest BCUT2D eigenvalue weighted by Gasteiger charge is -2.17. The zero-order chi connectivity index (χ0) is 21.1. The van der Waals surface area contributed by atoms with Gasteiger partial charge in [0.05, 0.1) is 31.5 Å². The fourth-order valence-electron chi connectivity index (χ4n) is 2.58. The van der Waals surface area contributed by atoms with Gasteiger partial charge in [-0.3, -0.25) is 29.0 Å². The van der Waals surface area contributed by atoms with Crippen molar-refractivity contribution in [3.05, 3.63) is 0 Å². The Balaban J connectivity index is 2.80. The van der Waals surface area contributed by atoms with E-state index in [1.54, 1.807) is 0 Å². The number of Topliss-reactive ketones (excluding diaryl/α,β-unsaturated/α-hetero) is 4. The maximum absolute atomic E-state index is 12.4. The molecule has 0 aromatic rings. The van der Waals surface area contributed by atoms with Gasteiger partial charge in [0.1, 0.15) is 5.78 Å². The Morgan fingerprint density at radius 3 is 2.54 bits per heavy atom. The van der Waals surface area contributed by atoms with Crippen LogP contribution in [0.3, 0.4) is 0 Å². The lowest BCUT2D eigenvalue weighted by Crippen LogP contribution is -2.50. The highest BCUT2D eigenvalue weighted by Crippen LogP contribution is 2.05. The second-order valence-corrected chi connectivity index (χ2v) is 6.32. The molecule has 28 heavy (non-hydrogen) atoms. The number of carbonyl (C=O) groups excluding carboxylic acids is 4. The SMILES string of the molecule is NC(N)=NCCC[C@@H]1NNCC(=O)C(=O)[C@H](CC(=O)O)NCCC(=O)CC1=O. The first-order valence-electron chi connectivity index (χ1n) is 8.81. The summed E-state index contributed by atoms with van der Waals surface area (Å²) in [5.74, 6) is -3.81. The van der Waals surface area contributed by atoms with Gasteiger partial charge >= 0.3 is 5.97 Å². The summed E-state index contributed by atoms with van der Waals surface area (Å²) in [6.45, 7) is -0.151. The Bertz CT molecular complexity index is 646. The van der Waals surface area contributed by atoms with Crippen LogP contribution in [0.1, 0.15) is 32.1 Å². The minimum Gasteiger partial charge on any atom is -0.481 e. The Morgan fingerprint density at radius 2 is 1.89 bits per heavy atom. The third kappa shape index (κ3) is 8.79. The number of aliphatic carboxylic acids is 1. The Labute approximate surface area is 161 Å². The van der Waals surface area contributed by atoms with Crippen LogP contribution in [0.5, 0.6) is 0 Å². The molecule has 1 aliphatic rings. The van der Waals surface area contributed by atoms with Crippen LogP contribution in [0.25, 0.3) is 0 Å². The lowest BCUT2D eigenvalue weighted by atomic mass is 10.0. The van der Waals surface area contributed by atoms with E-state index in [0.29, 0.717) is 19.4 Å². The molecule has 0 aliphatic carbocycles. The van der Waals surface area contributed by atoms with E-state index in [-0.39, 0.29) is 36.9 Å². The molecule has 0 radical (unpaired) electrons. The van der Waals surface area contributed by atoms with Crippen LogP contribution in [0.15, 0.2) is 4.99 Å². The largest absolute Gasteiger partial charge is 0.481 e. The van der Waals surface area contributed by atoms with E-state index >= 15 is 0 Å². The Kier molecular flexibility index (Phi) is 9.92. The molecule has 1 saturated heterocycles. The number of carbonyl (C=O) groups is 5. The number of ketones is 4. The van der Waals surface area contributed by atoms with Crippen molar-refractivity contribution in [3.63, 3.8) is 0 Å². The zero-order valence-corrected chi connectivity index (χ0v) is 15.4. The first kappa shape index (κ1) is 23.3. The number of nitrogens with two attached hydrogens (primary N) is 2. The highest BCUT2D eigenvalue weighted by Gasteiger charge is 2.28. The van der Waals surface area contributed by atoms with Crippen molar-refractivity contribution in [2.75, 3.05) is 19.6 Å². The van der Waals surface area contributed by atoms with Gasteiger partial charge in [-0.15, -0.1) is 0 Å². The van der Waals surface area contributed by atoms with E-state index < -0.39 is 42.6 Å². The van der Waals surface area contributed by atoms with Crippen molar-refractivity contribution in [1.82, 2.24) is 16.2 Å². The second kappa shape index (κ2) is 11.9. The first-order valence-corrected chi connectivity index (χ1v) is 8.81. The molecule has 0 aromatic heterocycles. The highest BCUT2D eigenvalue weighted by atomic mass is 16.4. The summed E-state index contributed by atoms with van der Waals surface area (Å²) in [5.41, 5.74) is 15.6. The van der Waals surface area contributed by atoms with E-state index in [0.717, 1.165) is 0 Å². The van der Waals surface area contributed by atoms with Crippen molar-refractivity contribution in [1.29, 1.82) is 0 Å². The molecule has 0 amide bonds. The number of hydrogen-bond acceptors (Lipinski definition) is 9. The third-order valence-electron chi connectivity index (χ3n) is 4.00. The van der Waals surface area contributed by atoms with Crippen LogP contribution in [-0.4, -0.2) is 71.9 Å². The molecule has 0 saturated carbocycles. The van der Waals surface area contributed by atoms with Crippen LogP contribution in [-0.2, 0) is 24.0 Å². The monoisotopic (exact) mass is 398 g/mol. The van der Waals surface area contributed by atoms with Gasteiger partial charge in [-0.2, -0.15) is 0 Å². The van der Waals surface area contributed by atoms with E-state index in [9.17, 15) is 24.0 Å². The van der Waals surface area contributed by atoms with Crippen molar-refractivity contribution >= 4 is 35.1 Å². The molecule has 0 spiro atoms. The van der Waals surface area contributed by atoms with E-state index in [1.165, 1.54) is 0 Å². The van der Waals surface area contributed by atoms with E-state index in [2.05, 4.69) is 21.2 Å². The average Bonchev–Trinajstić information content (AvgIpc) is 2.61. The third-order valence-corrected chi connectivity index (χ3v) is 4.00.